The largest absolute Gasteiger partial charge is 0.348 e. The molecule has 0 radical (unpaired) electrons. The number of amides is 1. The topological polar surface area (TPSA) is 41.1 Å². The maximum absolute atomic E-state index is 12.4. The van der Waals surface area contributed by atoms with Crippen LogP contribution in [0.5, 0.6) is 0 Å². The Kier molecular flexibility index (Phi) is 5.47. The highest BCUT2D eigenvalue weighted by Gasteiger charge is 2.24. The Morgan fingerprint density at radius 2 is 2.20 bits per heavy atom. The van der Waals surface area contributed by atoms with E-state index < -0.39 is 0 Å². The molecule has 3 rings (SSSR count). The summed E-state index contributed by atoms with van der Waals surface area (Å²) in [5.74, 6) is 0.658. The quantitative estimate of drug-likeness (QED) is 0.881. The Labute approximate surface area is 130 Å². The first kappa shape index (κ1) is 15.8. The molecule has 2 N–H and O–H groups in total. The molecule has 5 heteroatoms. The number of carbonyl (C=O) groups excluding carboxylic acids is 1. The number of carbonyl (C=O) groups is 1. The SMILES string of the molecule is CC1CNCCC1NC(=O)c1cc2c(s1)CCCC2.Cl. The van der Waals surface area contributed by atoms with E-state index in [1.54, 1.807) is 11.3 Å². The van der Waals surface area contributed by atoms with Crippen LogP contribution >= 0.6 is 23.7 Å². The normalized spacial score (nSPS) is 25.4. The molecule has 20 heavy (non-hydrogen) atoms. The van der Waals surface area contributed by atoms with Crippen molar-refractivity contribution in [3.63, 3.8) is 0 Å². The van der Waals surface area contributed by atoms with Crippen LogP contribution in [0.3, 0.4) is 0 Å². The summed E-state index contributed by atoms with van der Waals surface area (Å²) in [6.07, 6.45) is 5.91. The van der Waals surface area contributed by atoms with Gasteiger partial charge in [0, 0.05) is 10.9 Å². The fourth-order valence-electron chi connectivity index (χ4n) is 3.07. The van der Waals surface area contributed by atoms with Gasteiger partial charge in [-0.3, -0.25) is 4.79 Å². The number of piperidine rings is 1. The Hall–Kier alpha value is -0.580. The minimum atomic E-state index is 0. The lowest BCUT2D eigenvalue weighted by Gasteiger charge is -2.30. The summed E-state index contributed by atoms with van der Waals surface area (Å²) in [6, 6.07) is 2.45. The maximum atomic E-state index is 12.4. The Morgan fingerprint density at radius 1 is 1.40 bits per heavy atom. The average molecular weight is 315 g/mol. The van der Waals surface area contributed by atoms with Crippen molar-refractivity contribution in [2.45, 2.75) is 45.1 Å². The molecule has 2 heterocycles. The van der Waals surface area contributed by atoms with Gasteiger partial charge >= 0.3 is 0 Å². The molecule has 1 aromatic rings. The van der Waals surface area contributed by atoms with E-state index in [4.69, 9.17) is 0 Å². The molecule has 0 saturated carbocycles. The number of fused-ring (bicyclic) bond motifs is 1. The molecular formula is C15H23ClN2OS. The van der Waals surface area contributed by atoms with Crippen molar-refractivity contribution in [2.75, 3.05) is 13.1 Å². The van der Waals surface area contributed by atoms with Gasteiger partial charge in [-0.2, -0.15) is 0 Å². The molecule has 0 spiro atoms. The third-order valence-electron chi connectivity index (χ3n) is 4.32. The maximum Gasteiger partial charge on any atom is 0.261 e. The summed E-state index contributed by atoms with van der Waals surface area (Å²) < 4.78 is 0. The number of aryl methyl sites for hydroxylation is 2. The predicted molar refractivity (Wildman–Crippen MR) is 86.1 cm³/mol. The monoisotopic (exact) mass is 314 g/mol. The van der Waals surface area contributed by atoms with Gasteiger partial charge in [-0.05, 0) is 62.7 Å². The second kappa shape index (κ2) is 6.92. The average Bonchev–Trinajstić information content (AvgIpc) is 2.85. The molecule has 1 fully saturated rings. The van der Waals surface area contributed by atoms with Gasteiger partial charge in [0.15, 0.2) is 0 Å². The van der Waals surface area contributed by atoms with E-state index in [-0.39, 0.29) is 18.3 Å². The van der Waals surface area contributed by atoms with E-state index >= 15 is 0 Å². The summed E-state index contributed by atoms with van der Waals surface area (Å²) in [5, 5.41) is 6.59. The number of nitrogens with one attached hydrogen (secondary N) is 2. The third kappa shape index (κ3) is 3.35. The fraction of sp³-hybridized carbons (Fsp3) is 0.667. The van der Waals surface area contributed by atoms with E-state index in [1.165, 1.54) is 23.3 Å². The molecule has 1 aliphatic heterocycles. The van der Waals surface area contributed by atoms with Crippen molar-refractivity contribution in [3.05, 3.63) is 21.4 Å². The van der Waals surface area contributed by atoms with Gasteiger partial charge in [0.25, 0.3) is 5.91 Å². The van der Waals surface area contributed by atoms with E-state index in [1.807, 2.05) is 0 Å². The predicted octanol–water partition coefficient (Wildman–Crippen LogP) is 2.78. The minimum Gasteiger partial charge on any atom is -0.348 e. The molecule has 1 aliphatic carbocycles. The van der Waals surface area contributed by atoms with Crippen LogP contribution in [0.25, 0.3) is 0 Å². The number of hydrogen-bond acceptors (Lipinski definition) is 3. The van der Waals surface area contributed by atoms with Crippen molar-refractivity contribution in [1.29, 1.82) is 0 Å². The lowest BCUT2D eigenvalue weighted by molar-refractivity contribution is 0.0918. The van der Waals surface area contributed by atoms with Gasteiger partial charge in [0.1, 0.15) is 0 Å². The van der Waals surface area contributed by atoms with Crippen LogP contribution in [0.1, 0.15) is 46.3 Å². The van der Waals surface area contributed by atoms with Crippen LogP contribution in [0.2, 0.25) is 0 Å². The van der Waals surface area contributed by atoms with Crippen LogP contribution in [0.4, 0.5) is 0 Å². The lowest BCUT2D eigenvalue weighted by Crippen LogP contribution is -2.48. The van der Waals surface area contributed by atoms with Crippen molar-refractivity contribution in [2.24, 2.45) is 5.92 Å². The van der Waals surface area contributed by atoms with Gasteiger partial charge in [0.2, 0.25) is 0 Å². The first-order chi connectivity index (χ1) is 9.24. The summed E-state index contributed by atoms with van der Waals surface area (Å²) in [7, 11) is 0. The Bertz CT molecular complexity index is 451. The van der Waals surface area contributed by atoms with Crippen molar-refractivity contribution >= 4 is 29.7 Å². The van der Waals surface area contributed by atoms with Crippen LogP contribution in [-0.2, 0) is 12.8 Å². The van der Waals surface area contributed by atoms with Gasteiger partial charge in [-0.1, -0.05) is 6.92 Å². The second-order valence-electron chi connectivity index (χ2n) is 5.82. The van der Waals surface area contributed by atoms with Gasteiger partial charge in [0.05, 0.1) is 4.88 Å². The molecule has 112 valence electrons. The smallest absolute Gasteiger partial charge is 0.261 e. The first-order valence-electron chi connectivity index (χ1n) is 7.37. The van der Waals surface area contributed by atoms with Gasteiger partial charge < -0.3 is 10.6 Å². The summed E-state index contributed by atoms with van der Waals surface area (Å²) in [4.78, 5) is 14.7. The second-order valence-corrected chi connectivity index (χ2v) is 6.95. The highest BCUT2D eigenvalue weighted by Crippen LogP contribution is 2.29. The van der Waals surface area contributed by atoms with E-state index in [0.717, 1.165) is 37.2 Å². The van der Waals surface area contributed by atoms with Gasteiger partial charge in [-0.25, -0.2) is 0 Å². The number of thiophene rings is 1. The van der Waals surface area contributed by atoms with Gasteiger partial charge in [-0.15, -0.1) is 23.7 Å². The number of rotatable bonds is 2. The molecule has 2 aliphatic rings. The molecule has 3 nitrogen and oxygen atoms in total. The summed E-state index contributed by atoms with van der Waals surface area (Å²) in [6.45, 7) is 4.22. The fourth-order valence-corrected chi connectivity index (χ4v) is 4.23. The lowest BCUT2D eigenvalue weighted by atomic mass is 9.95. The molecule has 1 amide bonds. The van der Waals surface area contributed by atoms with Crippen LogP contribution in [-0.4, -0.2) is 25.0 Å². The number of halogens is 1. The number of hydrogen-bond donors (Lipinski definition) is 2. The highest BCUT2D eigenvalue weighted by molar-refractivity contribution is 7.14. The zero-order valence-corrected chi connectivity index (χ0v) is 13.5. The minimum absolute atomic E-state index is 0. The highest BCUT2D eigenvalue weighted by atomic mass is 35.5. The molecular weight excluding hydrogens is 292 g/mol. The van der Waals surface area contributed by atoms with Crippen molar-refractivity contribution < 1.29 is 4.79 Å². The van der Waals surface area contributed by atoms with Crippen molar-refractivity contribution in [1.82, 2.24) is 10.6 Å². The molecule has 2 unspecified atom stereocenters. The van der Waals surface area contributed by atoms with Crippen LogP contribution < -0.4 is 10.6 Å². The zero-order chi connectivity index (χ0) is 13.2. The third-order valence-corrected chi connectivity index (χ3v) is 5.56. The van der Waals surface area contributed by atoms with Crippen LogP contribution in [0, 0.1) is 5.92 Å². The first-order valence-corrected chi connectivity index (χ1v) is 8.19. The van der Waals surface area contributed by atoms with E-state index in [0.29, 0.717) is 12.0 Å². The van der Waals surface area contributed by atoms with Crippen molar-refractivity contribution in [3.8, 4) is 0 Å². The molecule has 1 saturated heterocycles. The van der Waals surface area contributed by atoms with E-state index in [9.17, 15) is 4.79 Å². The molecule has 1 aromatic heterocycles. The summed E-state index contributed by atoms with van der Waals surface area (Å²) in [5.41, 5.74) is 1.42. The standard InChI is InChI=1S/C15H22N2OS.ClH/c1-10-9-16-7-6-12(10)17-15(18)14-8-11-4-2-3-5-13(11)19-14;/h8,10,12,16H,2-7,9H2,1H3,(H,17,18);1H. The molecule has 0 bridgehead atoms. The Morgan fingerprint density at radius 3 is 2.95 bits per heavy atom. The zero-order valence-electron chi connectivity index (χ0n) is 11.9. The summed E-state index contributed by atoms with van der Waals surface area (Å²) >= 11 is 1.71. The molecule has 2 atom stereocenters. The van der Waals surface area contributed by atoms with Crippen LogP contribution in [0.15, 0.2) is 6.07 Å². The van der Waals surface area contributed by atoms with E-state index in [2.05, 4.69) is 23.6 Å². The molecule has 0 aromatic carbocycles. The Balaban J connectivity index is 0.00000147.